The molecule has 0 spiro atoms. The molecule has 2 amide bonds. The van der Waals surface area contributed by atoms with Gasteiger partial charge >= 0.3 is 0 Å². The van der Waals surface area contributed by atoms with Crippen molar-refractivity contribution in [1.82, 2.24) is 15.1 Å². The van der Waals surface area contributed by atoms with E-state index < -0.39 is 11.8 Å². The number of anilines is 1. The lowest BCUT2D eigenvalue weighted by molar-refractivity contribution is -0.116. The smallest absolute Gasteiger partial charge is 0.259 e. The molecule has 9 heteroatoms. The van der Waals surface area contributed by atoms with Crippen molar-refractivity contribution in [2.45, 2.75) is 13.8 Å². The lowest BCUT2D eigenvalue weighted by Gasteiger charge is -2.15. The molecule has 0 radical (unpaired) electrons. The SMILES string of the molecule is CC(=O)CNC(=O)c1cc(Cl)cc(C)c1NC(=O)c1cn(C)nc1-c1ccccc1Cl. The van der Waals surface area contributed by atoms with Gasteiger partial charge in [-0.15, -0.1) is 0 Å². The van der Waals surface area contributed by atoms with Crippen molar-refractivity contribution in [3.05, 3.63) is 69.3 Å². The van der Waals surface area contributed by atoms with Crippen LogP contribution in [0.25, 0.3) is 11.3 Å². The summed E-state index contributed by atoms with van der Waals surface area (Å²) in [5.74, 6) is -1.18. The highest BCUT2D eigenvalue weighted by Gasteiger charge is 2.22. The molecule has 160 valence electrons. The molecule has 1 heterocycles. The van der Waals surface area contributed by atoms with Crippen LogP contribution in [0.1, 0.15) is 33.2 Å². The Kier molecular flexibility index (Phi) is 6.77. The molecule has 0 fully saturated rings. The van der Waals surface area contributed by atoms with Crippen molar-refractivity contribution < 1.29 is 14.4 Å². The summed E-state index contributed by atoms with van der Waals surface area (Å²) in [7, 11) is 1.70. The summed E-state index contributed by atoms with van der Waals surface area (Å²) in [6.07, 6.45) is 1.58. The minimum atomic E-state index is -0.520. The molecule has 0 saturated carbocycles. The molecule has 3 aromatic rings. The number of ketones is 1. The molecule has 0 unspecified atom stereocenters. The second-order valence-electron chi connectivity index (χ2n) is 7.03. The number of hydrogen-bond acceptors (Lipinski definition) is 4. The topological polar surface area (TPSA) is 93.1 Å². The number of rotatable bonds is 6. The van der Waals surface area contributed by atoms with Crippen LogP contribution in [0.3, 0.4) is 0 Å². The zero-order valence-electron chi connectivity index (χ0n) is 17.1. The van der Waals surface area contributed by atoms with Crippen LogP contribution in [-0.4, -0.2) is 33.9 Å². The molecule has 31 heavy (non-hydrogen) atoms. The average molecular weight is 459 g/mol. The van der Waals surface area contributed by atoms with Crippen LogP contribution >= 0.6 is 23.2 Å². The molecule has 7 nitrogen and oxygen atoms in total. The summed E-state index contributed by atoms with van der Waals surface area (Å²) < 4.78 is 1.52. The predicted molar refractivity (Wildman–Crippen MR) is 121 cm³/mol. The monoisotopic (exact) mass is 458 g/mol. The molecule has 2 aromatic carbocycles. The number of benzene rings is 2. The zero-order chi connectivity index (χ0) is 22.7. The fourth-order valence-corrected chi connectivity index (χ4v) is 3.57. The highest BCUT2D eigenvalue weighted by Crippen LogP contribution is 2.31. The normalized spacial score (nSPS) is 10.6. The van der Waals surface area contributed by atoms with Crippen LogP contribution in [0.2, 0.25) is 10.0 Å². The third kappa shape index (κ3) is 5.13. The summed E-state index contributed by atoms with van der Waals surface area (Å²) in [5.41, 5.74) is 2.37. The van der Waals surface area contributed by atoms with E-state index >= 15 is 0 Å². The molecule has 2 N–H and O–H groups in total. The van der Waals surface area contributed by atoms with Gasteiger partial charge < -0.3 is 10.6 Å². The Hall–Kier alpha value is -3.16. The molecule has 0 atom stereocenters. The van der Waals surface area contributed by atoms with Gasteiger partial charge in [-0.25, -0.2) is 0 Å². The molecular formula is C22H20Cl2N4O3. The summed E-state index contributed by atoms with van der Waals surface area (Å²) in [6, 6.07) is 10.2. The lowest BCUT2D eigenvalue weighted by atomic mass is 10.0. The Labute approximate surface area is 189 Å². The first-order valence-electron chi connectivity index (χ1n) is 9.35. The average Bonchev–Trinajstić information content (AvgIpc) is 3.09. The van der Waals surface area contributed by atoms with Gasteiger partial charge in [-0.3, -0.25) is 19.1 Å². The van der Waals surface area contributed by atoms with Crippen molar-refractivity contribution in [2.24, 2.45) is 7.05 Å². The van der Waals surface area contributed by atoms with E-state index in [2.05, 4.69) is 15.7 Å². The van der Waals surface area contributed by atoms with Gasteiger partial charge in [0.1, 0.15) is 11.5 Å². The first-order valence-corrected chi connectivity index (χ1v) is 10.1. The van der Waals surface area contributed by atoms with Crippen LogP contribution in [0.5, 0.6) is 0 Å². The maximum absolute atomic E-state index is 13.2. The van der Waals surface area contributed by atoms with Crippen LogP contribution < -0.4 is 10.6 Å². The van der Waals surface area contributed by atoms with E-state index in [0.29, 0.717) is 38.1 Å². The Balaban J connectivity index is 1.99. The molecule has 0 aliphatic rings. The van der Waals surface area contributed by atoms with Crippen molar-refractivity contribution in [2.75, 3.05) is 11.9 Å². The molecular weight excluding hydrogens is 439 g/mol. The number of hydrogen-bond donors (Lipinski definition) is 2. The zero-order valence-corrected chi connectivity index (χ0v) is 18.6. The van der Waals surface area contributed by atoms with E-state index in [1.165, 1.54) is 17.7 Å². The first kappa shape index (κ1) is 22.5. The van der Waals surface area contributed by atoms with Crippen molar-refractivity contribution in [3.8, 4) is 11.3 Å². The number of halogens is 2. The summed E-state index contributed by atoms with van der Waals surface area (Å²) >= 11 is 12.4. The van der Waals surface area contributed by atoms with E-state index in [1.807, 2.05) is 0 Å². The van der Waals surface area contributed by atoms with E-state index in [1.54, 1.807) is 50.5 Å². The standard InChI is InChI=1S/C22H20Cl2N4O3/c1-12-8-14(23)9-16(21(30)25-10-13(2)29)19(12)26-22(31)17-11-28(3)27-20(17)15-6-4-5-7-18(15)24/h4-9,11H,10H2,1-3H3,(H,25,30)(H,26,31). The van der Waals surface area contributed by atoms with Gasteiger partial charge in [-0.05, 0) is 37.6 Å². The van der Waals surface area contributed by atoms with Gasteiger partial charge in [0.05, 0.1) is 28.4 Å². The van der Waals surface area contributed by atoms with Gasteiger partial charge in [-0.1, -0.05) is 41.4 Å². The summed E-state index contributed by atoms with van der Waals surface area (Å²) in [5, 5.41) is 10.5. The van der Waals surface area contributed by atoms with Gasteiger partial charge in [0, 0.05) is 23.8 Å². The number of aryl methyl sites for hydroxylation is 2. The second kappa shape index (κ2) is 9.32. The summed E-state index contributed by atoms with van der Waals surface area (Å²) in [4.78, 5) is 37.0. The Morgan fingerprint density at radius 2 is 1.77 bits per heavy atom. The third-order valence-corrected chi connectivity index (χ3v) is 5.03. The van der Waals surface area contributed by atoms with Crippen LogP contribution in [0, 0.1) is 6.92 Å². The highest BCUT2D eigenvalue weighted by atomic mass is 35.5. The number of Topliss-reactive ketones (excluding diaryl/α,β-unsaturated/α-hetero) is 1. The largest absolute Gasteiger partial charge is 0.345 e. The molecule has 3 rings (SSSR count). The fraction of sp³-hybridized carbons (Fsp3) is 0.182. The highest BCUT2D eigenvalue weighted by molar-refractivity contribution is 6.33. The van der Waals surface area contributed by atoms with Crippen molar-refractivity contribution in [3.63, 3.8) is 0 Å². The van der Waals surface area contributed by atoms with Gasteiger partial charge in [0.15, 0.2) is 0 Å². The minimum absolute atomic E-state index is 0.128. The third-order valence-electron chi connectivity index (χ3n) is 4.48. The van der Waals surface area contributed by atoms with Gasteiger partial charge in [0.2, 0.25) is 0 Å². The Morgan fingerprint density at radius 3 is 2.45 bits per heavy atom. The first-order chi connectivity index (χ1) is 14.7. The summed E-state index contributed by atoms with van der Waals surface area (Å²) in [6.45, 7) is 2.96. The van der Waals surface area contributed by atoms with E-state index in [0.717, 1.165) is 0 Å². The Morgan fingerprint density at radius 1 is 1.06 bits per heavy atom. The second-order valence-corrected chi connectivity index (χ2v) is 7.87. The van der Waals surface area contributed by atoms with E-state index in [-0.39, 0.29) is 17.9 Å². The van der Waals surface area contributed by atoms with E-state index in [4.69, 9.17) is 23.2 Å². The number of carbonyl (C=O) groups excluding carboxylic acids is 3. The molecule has 1 aromatic heterocycles. The molecule has 0 aliphatic heterocycles. The maximum atomic E-state index is 13.2. The minimum Gasteiger partial charge on any atom is -0.345 e. The maximum Gasteiger partial charge on any atom is 0.259 e. The number of nitrogens with one attached hydrogen (secondary N) is 2. The van der Waals surface area contributed by atoms with Gasteiger partial charge in [-0.2, -0.15) is 5.10 Å². The Bertz CT molecular complexity index is 1190. The van der Waals surface area contributed by atoms with Crippen LogP contribution in [0.15, 0.2) is 42.6 Å². The number of carbonyl (C=O) groups is 3. The number of aromatic nitrogens is 2. The van der Waals surface area contributed by atoms with Gasteiger partial charge in [0.25, 0.3) is 11.8 Å². The van der Waals surface area contributed by atoms with Crippen molar-refractivity contribution in [1.29, 1.82) is 0 Å². The number of nitrogens with zero attached hydrogens (tertiary/aromatic N) is 2. The molecule has 0 saturated heterocycles. The fourth-order valence-electron chi connectivity index (χ4n) is 3.08. The van der Waals surface area contributed by atoms with Crippen molar-refractivity contribution >= 4 is 46.5 Å². The molecule has 0 aliphatic carbocycles. The predicted octanol–water partition coefficient (Wildman–Crippen LogP) is 4.27. The van der Waals surface area contributed by atoms with Crippen LogP contribution in [0.4, 0.5) is 5.69 Å². The lowest BCUT2D eigenvalue weighted by Crippen LogP contribution is -2.29. The molecule has 0 bridgehead atoms. The van der Waals surface area contributed by atoms with E-state index in [9.17, 15) is 14.4 Å². The quantitative estimate of drug-likeness (QED) is 0.576. The number of amides is 2. The van der Waals surface area contributed by atoms with Crippen LogP contribution in [-0.2, 0) is 11.8 Å².